The molecule has 3 aromatic rings. The smallest absolute Gasteiger partial charge is 0.416 e. The van der Waals surface area contributed by atoms with Gasteiger partial charge in [-0.3, -0.25) is 4.79 Å². The summed E-state index contributed by atoms with van der Waals surface area (Å²) in [5.74, 6) is 3.00. The number of fused-ring (bicyclic) bond motifs is 1. The fourth-order valence-electron chi connectivity index (χ4n) is 4.32. The molecule has 35 heavy (non-hydrogen) atoms. The number of aliphatic hydroxyl groups is 1. The number of halogens is 3. The van der Waals surface area contributed by atoms with Gasteiger partial charge in [-0.15, -0.1) is 6.42 Å². The van der Waals surface area contributed by atoms with Gasteiger partial charge in [0.05, 0.1) is 11.2 Å². The maximum Gasteiger partial charge on any atom is 0.416 e. The van der Waals surface area contributed by atoms with Crippen molar-refractivity contribution < 1.29 is 45.6 Å². The molecule has 1 saturated heterocycles. The SMILES string of the molecule is C#C[C@@H](Nc1nc(C)nc2[n-]c(=O)c(C3(O)CCNCC3)cc12)c1cccc(C(F)(F)F)c1C.[Cd]. The Balaban J connectivity index is 0.00000342. The van der Waals surface area contributed by atoms with Crippen molar-refractivity contribution in [1.82, 2.24) is 20.3 Å². The molecule has 7 nitrogen and oxygen atoms in total. The van der Waals surface area contributed by atoms with Gasteiger partial charge in [-0.25, -0.2) is 4.98 Å². The van der Waals surface area contributed by atoms with Gasteiger partial charge in [0, 0.05) is 44.1 Å². The number of nitrogens with one attached hydrogen (secondary N) is 2. The molecule has 1 aliphatic heterocycles. The first-order valence-electron chi connectivity index (χ1n) is 10.7. The number of piperidine rings is 1. The van der Waals surface area contributed by atoms with Crippen LogP contribution >= 0.6 is 0 Å². The van der Waals surface area contributed by atoms with E-state index in [1.165, 1.54) is 25.1 Å². The van der Waals surface area contributed by atoms with E-state index in [-0.39, 0.29) is 55.5 Å². The van der Waals surface area contributed by atoms with Gasteiger partial charge in [0.25, 0.3) is 0 Å². The number of aryl methyl sites for hydroxylation is 1. The molecule has 0 saturated carbocycles. The van der Waals surface area contributed by atoms with Crippen LogP contribution in [0.1, 0.15) is 47.0 Å². The predicted molar refractivity (Wildman–Crippen MR) is 121 cm³/mol. The van der Waals surface area contributed by atoms with E-state index < -0.39 is 28.9 Å². The van der Waals surface area contributed by atoms with Crippen molar-refractivity contribution in [3.8, 4) is 12.3 Å². The fraction of sp³-hybridized carbons (Fsp3) is 0.375. The molecule has 0 spiro atoms. The van der Waals surface area contributed by atoms with E-state index >= 15 is 0 Å². The molecule has 0 bridgehead atoms. The van der Waals surface area contributed by atoms with Gasteiger partial charge in [0.1, 0.15) is 11.9 Å². The number of hydrogen-bond donors (Lipinski definition) is 3. The second-order valence-electron chi connectivity index (χ2n) is 8.37. The van der Waals surface area contributed by atoms with Gasteiger partial charge in [0.2, 0.25) is 0 Å². The molecule has 11 heteroatoms. The van der Waals surface area contributed by atoms with Crippen molar-refractivity contribution in [2.24, 2.45) is 0 Å². The van der Waals surface area contributed by atoms with Gasteiger partial charge < -0.3 is 25.7 Å². The van der Waals surface area contributed by atoms with Crippen LogP contribution in [0, 0.1) is 26.2 Å². The quantitative estimate of drug-likeness (QED) is 0.321. The number of nitrogens with zero attached hydrogens (tertiary/aromatic N) is 3. The number of benzene rings is 1. The molecule has 180 valence electrons. The molecule has 2 aromatic heterocycles. The van der Waals surface area contributed by atoms with E-state index in [2.05, 4.69) is 31.5 Å². The van der Waals surface area contributed by atoms with Gasteiger partial charge in [-0.2, -0.15) is 13.2 Å². The van der Waals surface area contributed by atoms with Crippen LogP contribution in [-0.2, 0) is 39.1 Å². The van der Waals surface area contributed by atoms with E-state index in [4.69, 9.17) is 6.42 Å². The van der Waals surface area contributed by atoms with E-state index in [0.717, 1.165) is 6.07 Å². The maximum absolute atomic E-state index is 13.4. The average molecular weight is 583 g/mol. The summed E-state index contributed by atoms with van der Waals surface area (Å²) in [7, 11) is 0. The summed E-state index contributed by atoms with van der Waals surface area (Å²) in [6.07, 6.45) is 1.85. The number of pyridine rings is 1. The van der Waals surface area contributed by atoms with Crippen molar-refractivity contribution in [3.63, 3.8) is 0 Å². The molecule has 0 radical (unpaired) electrons. The second-order valence-corrected chi connectivity index (χ2v) is 8.37. The summed E-state index contributed by atoms with van der Waals surface area (Å²) in [5, 5.41) is 17.6. The van der Waals surface area contributed by atoms with E-state index in [9.17, 15) is 23.1 Å². The van der Waals surface area contributed by atoms with E-state index in [0.29, 0.717) is 37.1 Å². The molecule has 3 N–H and O–H groups in total. The predicted octanol–water partition coefficient (Wildman–Crippen LogP) is 2.94. The third kappa shape index (κ3) is 5.36. The average Bonchev–Trinajstić information content (AvgIpc) is 2.76. The van der Waals surface area contributed by atoms with Gasteiger partial charge in [-0.05, 0) is 68.7 Å². The van der Waals surface area contributed by atoms with Crippen LogP contribution < -0.4 is 21.2 Å². The molecule has 3 heterocycles. The molecule has 0 unspecified atom stereocenters. The Kier molecular flexibility index (Phi) is 7.93. The standard InChI is InChI=1S/C24H24F3N5O2.Cd/c1-4-19(15-6-5-7-17(13(15)2)24(25,26)27)31-20-16-12-18(23(34)8-10-28-11-9-23)22(33)32-21(16)30-14(3)29-20;/h1,5-7,12,19,28,34H,8-11H2,2-3H3,(H2,29,30,31,32,33);/p-1/t19-;/m1./s1. The monoisotopic (exact) mass is 584 g/mol. The molecule has 1 fully saturated rings. The molecule has 4 rings (SSSR count). The first-order valence-corrected chi connectivity index (χ1v) is 10.7. The summed E-state index contributed by atoms with van der Waals surface area (Å²) in [6, 6.07) is 4.38. The fourth-order valence-corrected chi connectivity index (χ4v) is 4.32. The van der Waals surface area contributed by atoms with Crippen LogP contribution in [-0.4, -0.2) is 28.2 Å². The Morgan fingerprint density at radius 1 is 1.26 bits per heavy atom. The number of hydrogen-bond acceptors (Lipinski definition) is 6. The van der Waals surface area contributed by atoms with Crippen LogP contribution in [0.2, 0.25) is 0 Å². The number of aromatic nitrogens is 3. The van der Waals surface area contributed by atoms with Gasteiger partial charge in [-0.1, -0.05) is 18.1 Å². The first-order chi connectivity index (χ1) is 16.0. The normalized spacial score (nSPS) is 16.3. The zero-order valence-corrected chi connectivity index (χ0v) is 23.4. The van der Waals surface area contributed by atoms with Crippen molar-refractivity contribution in [2.75, 3.05) is 18.4 Å². The number of terminal acetylenes is 1. The van der Waals surface area contributed by atoms with Crippen LogP contribution in [0.5, 0.6) is 0 Å². The third-order valence-electron chi connectivity index (χ3n) is 6.14. The minimum atomic E-state index is -4.52. The number of anilines is 1. The molecule has 0 amide bonds. The van der Waals surface area contributed by atoms with Gasteiger partial charge in [0.15, 0.2) is 5.56 Å². The molecular formula is C24H23CdF3N5O2-. The number of alkyl halides is 3. The second kappa shape index (κ2) is 10.2. The van der Waals surface area contributed by atoms with E-state index in [1.54, 1.807) is 6.92 Å². The Labute approximate surface area is 220 Å². The van der Waals surface area contributed by atoms with Crippen molar-refractivity contribution in [1.29, 1.82) is 0 Å². The molecule has 1 aromatic carbocycles. The minimum absolute atomic E-state index is 0. The Morgan fingerprint density at radius 2 is 1.94 bits per heavy atom. The summed E-state index contributed by atoms with van der Waals surface area (Å²) >= 11 is 0. The molecule has 1 atom stereocenters. The molecule has 1 aliphatic rings. The first kappa shape index (κ1) is 27.1. The summed E-state index contributed by atoms with van der Waals surface area (Å²) in [4.78, 5) is 25.4. The van der Waals surface area contributed by atoms with Crippen LogP contribution in [0.25, 0.3) is 11.0 Å². The number of rotatable bonds is 4. The molecule has 0 aliphatic carbocycles. The van der Waals surface area contributed by atoms with Crippen molar-refractivity contribution >= 4 is 16.9 Å². The van der Waals surface area contributed by atoms with Crippen LogP contribution in [0.15, 0.2) is 29.1 Å². The van der Waals surface area contributed by atoms with Crippen LogP contribution in [0.4, 0.5) is 19.0 Å². The van der Waals surface area contributed by atoms with Gasteiger partial charge >= 0.3 is 6.18 Å². The zero-order chi connectivity index (χ0) is 24.7. The summed E-state index contributed by atoms with van der Waals surface area (Å²) < 4.78 is 40.3. The zero-order valence-electron chi connectivity index (χ0n) is 19.3. The van der Waals surface area contributed by atoms with Crippen molar-refractivity contribution in [2.45, 2.75) is 44.5 Å². The summed E-state index contributed by atoms with van der Waals surface area (Å²) in [6.45, 7) is 4.05. The topological polar surface area (TPSA) is 101 Å². The van der Waals surface area contributed by atoms with Crippen molar-refractivity contribution in [3.05, 3.63) is 62.7 Å². The Bertz CT molecular complexity index is 1340. The maximum atomic E-state index is 13.4. The van der Waals surface area contributed by atoms with Crippen LogP contribution in [0.3, 0.4) is 0 Å². The third-order valence-corrected chi connectivity index (χ3v) is 6.14. The summed E-state index contributed by atoms with van der Waals surface area (Å²) in [5.41, 5.74) is -2.19. The largest absolute Gasteiger partial charge is 0.423 e. The van der Waals surface area contributed by atoms with E-state index in [1.807, 2.05) is 0 Å². The Morgan fingerprint density at radius 3 is 2.57 bits per heavy atom. The molecular weight excluding hydrogens is 560 g/mol. The Hall–Kier alpha value is -2.50. The minimum Gasteiger partial charge on any atom is -0.423 e.